The number of hydrogen-bond donors (Lipinski definition) is 0. The number of hydrogen-bond acceptors (Lipinski definition) is 1. The van der Waals surface area contributed by atoms with Gasteiger partial charge in [-0.05, 0) is 35.7 Å². The van der Waals surface area contributed by atoms with Gasteiger partial charge in [0, 0.05) is 18.7 Å². The number of fused-ring (bicyclic) bond motifs is 2. The molecule has 1 saturated carbocycles. The molecule has 1 amide bonds. The highest BCUT2D eigenvalue weighted by atomic mass is 19.1. The molecule has 2 aromatic carbocycles. The minimum atomic E-state index is -0.414. The van der Waals surface area contributed by atoms with Crippen molar-refractivity contribution in [3.8, 4) is 0 Å². The monoisotopic (exact) mass is 267 g/mol. The van der Waals surface area contributed by atoms with E-state index in [1.54, 1.807) is 17.0 Å². The van der Waals surface area contributed by atoms with Gasteiger partial charge in [0.25, 0.3) is 0 Å². The molecule has 1 heterocycles. The van der Waals surface area contributed by atoms with Gasteiger partial charge in [0.1, 0.15) is 5.82 Å². The SMILES string of the molecule is CN1C(=O)[C@]2(C[C@@H]2c2ccc(F)cc2)c2ccccc21. The third-order valence-corrected chi connectivity index (χ3v) is 4.67. The van der Waals surface area contributed by atoms with Crippen LogP contribution in [0.25, 0.3) is 0 Å². The molecule has 1 aliphatic carbocycles. The van der Waals surface area contributed by atoms with Gasteiger partial charge in [-0.2, -0.15) is 0 Å². The summed E-state index contributed by atoms with van der Waals surface area (Å²) in [5.41, 5.74) is 2.75. The number of benzene rings is 2. The summed E-state index contributed by atoms with van der Waals surface area (Å²) in [6.07, 6.45) is 0.818. The van der Waals surface area contributed by atoms with E-state index in [4.69, 9.17) is 0 Å². The third-order valence-electron chi connectivity index (χ3n) is 4.67. The first-order valence-corrected chi connectivity index (χ1v) is 6.78. The highest BCUT2D eigenvalue weighted by Gasteiger charge is 2.66. The minimum absolute atomic E-state index is 0.160. The van der Waals surface area contributed by atoms with Gasteiger partial charge in [0.15, 0.2) is 0 Å². The van der Waals surface area contributed by atoms with Gasteiger partial charge in [-0.1, -0.05) is 30.3 Å². The third kappa shape index (κ3) is 1.30. The molecule has 0 radical (unpaired) electrons. The van der Waals surface area contributed by atoms with Crippen LogP contribution in [0.3, 0.4) is 0 Å². The maximum atomic E-state index is 13.0. The van der Waals surface area contributed by atoms with Crippen molar-refractivity contribution in [1.82, 2.24) is 0 Å². The number of carbonyl (C=O) groups excluding carboxylic acids is 1. The van der Waals surface area contributed by atoms with Crippen molar-refractivity contribution < 1.29 is 9.18 Å². The number of nitrogens with zero attached hydrogens (tertiary/aromatic N) is 1. The number of likely N-dealkylation sites (N-methyl/N-ethyl adjacent to an activating group) is 1. The standard InChI is InChI=1S/C17H14FNO/c1-19-15-5-3-2-4-13(15)17(16(19)20)10-14(17)11-6-8-12(18)9-7-11/h2-9,14H,10H2,1H3/t14-,17-/m1/s1. The van der Waals surface area contributed by atoms with E-state index in [9.17, 15) is 9.18 Å². The molecule has 4 rings (SSSR count). The summed E-state index contributed by atoms with van der Waals surface area (Å²) in [4.78, 5) is 14.4. The number of anilines is 1. The zero-order valence-electron chi connectivity index (χ0n) is 11.1. The van der Waals surface area contributed by atoms with Crippen LogP contribution < -0.4 is 4.90 Å². The van der Waals surface area contributed by atoms with Crippen LogP contribution in [0, 0.1) is 5.82 Å². The van der Waals surface area contributed by atoms with E-state index in [0.717, 1.165) is 23.2 Å². The molecular formula is C17H14FNO. The van der Waals surface area contributed by atoms with Crippen LogP contribution in [0.5, 0.6) is 0 Å². The fourth-order valence-electron chi connectivity index (χ4n) is 3.56. The van der Waals surface area contributed by atoms with Crippen molar-refractivity contribution in [2.75, 3.05) is 11.9 Å². The lowest BCUT2D eigenvalue weighted by Gasteiger charge is -2.11. The van der Waals surface area contributed by atoms with E-state index < -0.39 is 5.41 Å². The van der Waals surface area contributed by atoms with E-state index in [1.807, 2.05) is 31.3 Å². The molecule has 2 nitrogen and oxygen atoms in total. The molecule has 2 aliphatic rings. The molecule has 2 atom stereocenters. The highest BCUT2D eigenvalue weighted by Crippen LogP contribution is 2.65. The summed E-state index contributed by atoms with van der Waals surface area (Å²) in [6, 6.07) is 14.5. The zero-order chi connectivity index (χ0) is 13.9. The topological polar surface area (TPSA) is 20.3 Å². The van der Waals surface area contributed by atoms with E-state index in [0.29, 0.717) is 0 Å². The van der Waals surface area contributed by atoms with Crippen molar-refractivity contribution in [2.24, 2.45) is 0 Å². The molecule has 1 spiro atoms. The Morgan fingerprint density at radius 3 is 2.60 bits per heavy atom. The van der Waals surface area contributed by atoms with Gasteiger partial charge < -0.3 is 4.90 Å². The maximum Gasteiger partial charge on any atom is 0.238 e. The summed E-state index contributed by atoms with van der Waals surface area (Å²) in [6.45, 7) is 0. The molecule has 3 heteroatoms. The van der Waals surface area contributed by atoms with Crippen LogP contribution in [0.1, 0.15) is 23.5 Å². The normalized spacial score (nSPS) is 27.0. The molecule has 1 fully saturated rings. The Labute approximate surface area is 116 Å². The van der Waals surface area contributed by atoms with Crippen LogP contribution in [0.15, 0.2) is 48.5 Å². The Hall–Kier alpha value is -2.16. The van der Waals surface area contributed by atoms with E-state index in [1.165, 1.54) is 12.1 Å². The molecule has 0 unspecified atom stereocenters. The van der Waals surface area contributed by atoms with Crippen LogP contribution in [-0.2, 0) is 10.2 Å². The van der Waals surface area contributed by atoms with Gasteiger partial charge in [-0.3, -0.25) is 4.79 Å². The van der Waals surface area contributed by atoms with Crippen molar-refractivity contribution in [2.45, 2.75) is 17.8 Å². The van der Waals surface area contributed by atoms with E-state index in [2.05, 4.69) is 0 Å². The first-order valence-electron chi connectivity index (χ1n) is 6.78. The molecule has 1 aliphatic heterocycles. The smallest absolute Gasteiger partial charge is 0.238 e. The number of rotatable bonds is 1. The minimum Gasteiger partial charge on any atom is -0.314 e. The summed E-state index contributed by atoms with van der Waals surface area (Å²) in [7, 11) is 1.83. The number of amides is 1. The van der Waals surface area contributed by atoms with Crippen LogP contribution in [0.4, 0.5) is 10.1 Å². The summed E-state index contributed by atoms with van der Waals surface area (Å²) in [5.74, 6) is 0.0911. The first-order chi connectivity index (χ1) is 9.64. The second-order valence-electron chi connectivity index (χ2n) is 5.66. The predicted molar refractivity (Wildman–Crippen MR) is 75.3 cm³/mol. The van der Waals surface area contributed by atoms with Crippen LogP contribution >= 0.6 is 0 Å². The summed E-state index contributed by atoms with van der Waals surface area (Å²) >= 11 is 0. The maximum absolute atomic E-state index is 13.0. The molecule has 0 N–H and O–H groups in total. The van der Waals surface area contributed by atoms with Crippen molar-refractivity contribution in [3.05, 3.63) is 65.5 Å². The highest BCUT2D eigenvalue weighted by molar-refractivity contribution is 6.11. The Balaban J connectivity index is 1.80. The molecule has 20 heavy (non-hydrogen) atoms. The molecular weight excluding hydrogens is 253 g/mol. The second-order valence-corrected chi connectivity index (χ2v) is 5.66. The molecule has 2 aromatic rings. The molecule has 0 aromatic heterocycles. The quantitative estimate of drug-likeness (QED) is 0.777. The van der Waals surface area contributed by atoms with Crippen LogP contribution in [0.2, 0.25) is 0 Å². The van der Waals surface area contributed by atoms with Crippen molar-refractivity contribution in [1.29, 1.82) is 0 Å². The van der Waals surface area contributed by atoms with Crippen LogP contribution in [-0.4, -0.2) is 13.0 Å². The first kappa shape index (κ1) is 11.6. The Kier molecular flexibility index (Phi) is 2.15. The summed E-state index contributed by atoms with van der Waals surface area (Å²) < 4.78 is 13.0. The van der Waals surface area contributed by atoms with Gasteiger partial charge in [-0.25, -0.2) is 4.39 Å². The van der Waals surface area contributed by atoms with Gasteiger partial charge in [0.2, 0.25) is 5.91 Å². The Morgan fingerprint density at radius 2 is 1.85 bits per heavy atom. The molecule has 0 bridgehead atoms. The largest absolute Gasteiger partial charge is 0.314 e. The number of para-hydroxylation sites is 1. The number of halogens is 1. The Bertz CT molecular complexity index is 709. The zero-order valence-corrected chi connectivity index (χ0v) is 11.1. The molecule has 100 valence electrons. The lowest BCUT2D eigenvalue weighted by atomic mass is 9.92. The Morgan fingerprint density at radius 1 is 1.15 bits per heavy atom. The van der Waals surface area contributed by atoms with Gasteiger partial charge in [-0.15, -0.1) is 0 Å². The average molecular weight is 267 g/mol. The molecule has 0 saturated heterocycles. The van der Waals surface area contributed by atoms with Gasteiger partial charge >= 0.3 is 0 Å². The number of carbonyl (C=O) groups is 1. The van der Waals surface area contributed by atoms with Crippen molar-refractivity contribution in [3.63, 3.8) is 0 Å². The van der Waals surface area contributed by atoms with Crippen molar-refractivity contribution >= 4 is 11.6 Å². The predicted octanol–water partition coefficient (Wildman–Crippen LogP) is 3.23. The van der Waals surface area contributed by atoms with E-state index in [-0.39, 0.29) is 17.6 Å². The lowest BCUT2D eigenvalue weighted by Crippen LogP contribution is -2.29. The fourth-order valence-corrected chi connectivity index (χ4v) is 3.56. The lowest BCUT2D eigenvalue weighted by molar-refractivity contribution is -0.120. The average Bonchev–Trinajstić information content (AvgIpc) is 3.19. The summed E-state index contributed by atoms with van der Waals surface area (Å²) in [5, 5.41) is 0. The second kappa shape index (κ2) is 3.69. The van der Waals surface area contributed by atoms with Gasteiger partial charge in [0.05, 0.1) is 5.41 Å². The fraction of sp³-hybridized carbons (Fsp3) is 0.235. The van der Waals surface area contributed by atoms with E-state index >= 15 is 0 Å².